The topological polar surface area (TPSA) is 12.9 Å². The van der Waals surface area contributed by atoms with Crippen LogP contribution in [0.2, 0.25) is 0 Å². The standard InChI is InChI=1S/C11H16BN/c1-7(2)9-5-11(12)13-6-10(9)8(3)4/h5-8H,1-4H3. The lowest BCUT2D eigenvalue weighted by atomic mass is 9.89. The highest BCUT2D eigenvalue weighted by Gasteiger charge is 2.09. The van der Waals surface area contributed by atoms with Crippen molar-refractivity contribution >= 4 is 13.4 Å². The second kappa shape index (κ2) is 3.95. The Balaban J connectivity index is 3.19. The number of aromatic nitrogens is 1. The van der Waals surface area contributed by atoms with Crippen LogP contribution in [-0.2, 0) is 0 Å². The van der Waals surface area contributed by atoms with Crippen LogP contribution >= 0.6 is 0 Å². The van der Waals surface area contributed by atoms with Crippen molar-refractivity contribution < 1.29 is 0 Å². The van der Waals surface area contributed by atoms with Gasteiger partial charge in [-0.25, -0.2) is 0 Å². The predicted octanol–water partition coefficient (Wildman–Crippen LogP) is 2.12. The molecular weight excluding hydrogens is 157 g/mol. The van der Waals surface area contributed by atoms with Crippen LogP contribution in [-0.4, -0.2) is 12.8 Å². The minimum atomic E-state index is 0.516. The van der Waals surface area contributed by atoms with E-state index in [-0.39, 0.29) is 0 Å². The van der Waals surface area contributed by atoms with Crippen LogP contribution in [0.15, 0.2) is 12.3 Å². The molecule has 2 radical (unpaired) electrons. The summed E-state index contributed by atoms with van der Waals surface area (Å²) >= 11 is 0. The largest absolute Gasteiger partial charge is 0.273 e. The van der Waals surface area contributed by atoms with Gasteiger partial charge in [0.1, 0.15) is 7.85 Å². The van der Waals surface area contributed by atoms with Gasteiger partial charge in [-0.15, -0.1) is 0 Å². The molecular formula is C11H16BN. The molecule has 1 nitrogen and oxygen atoms in total. The monoisotopic (exact) mass is 173 g/mol. The van der Waals surface area contributed by atoms with Crippen LogP contribution < -0.4 is 5.59 Å². The predicted molar refractivity (Wildman–Crippen MR) is 57.8 cm³/mol. The van der Waals surface area contributed by atoms with Gasteiger partial charge in [0.25, 0.3) is 0 Å². The zero-order chi connectivity index (χ0) is 10.0. The summed E-state index contributed by atoms with van der Waals surface area (Å²) < 4.78 is 0. The fourth-order valence-corrected chi connectivity index (χ4v) is 1.48. The van der Waals surface area contributed by atoms with Gasteiger partial charge in [-0.2, -0.15) is 0 Å². The molecule has 0 bridgehead atoms. The summed E-state index contributed by atoms with van der Waals surface area (Å²) in [6.45, 7) is 8.72. The molecule has 1 aromatic heterocycles. The van der Waals surface area contributed by atoms with Crippen molar-refractivity contribution in [2.45, 2.75) is 39.5 Å². The number of hydrogen-bond acceptors (Lipinski definition) is 1. The number of pyridine rings is 1. The summed E-state index contributed by atoms with van der Waals surface area (Å²) in [5.41, 5.74) is 3.25. The second-order valence-electron chi connectivity index (χ2n) is 4.05. The maximum absolute atomic E-state index is 5.65. The lowest BCUT2D eigenvalue weighted by Crippen LogP contribution is -2.12. The molecule has 0 N–H and O–H groups in total. The highest BCUT2D eigenvalue weighted by atomic mass is 14.6. The van der Waals surface area contributed by atoms with E-state index < -0.39 is 0 Å². The summed E-state index contributed by atoms with van der Waals surface area (Å²) in [7, 11) is 5.65. The Hall–Kier alpha value is -0.785. The maximum atomic E-state index is 5.65. The second-order valence-corrected chi connectivity index (χ2v) is 4.05. The first kappa shape index (κ1) is 10.3. The van der Waals surface area contributed by atoms with Gasteiger partial charge in [-0.1, -0.05) is 27.7 Å². The van der Waals surface area contributed by atoms with Gasteiger partial charge in [0.2, 0.25) is 0 Å². The van der Waals surface area contributed by atoms with Gasteiger partial charge < -0.3 is 0 Å². The molecule has 0 aromatic carbocycles. The molecule has 2 heteroatoms. The van der Waals surface area contributed by atoms with E-state index >= 15 is 0 Å². The van der Waals surface area contributed by atoms with Gasteiger partial charge in [-0.05, 0) is 34.6 Å². The fourth-order valence-electron chi connectivity index (χ4n) is 1.48. The van der Waals surface area contributed by atoms with Crippen LogP contribution in [0, 0.1) is 0 Å². The Morgan fingerprint density at radius 3 is 2.08 bits per heavy atom. The SMILES string of the molecule is [B]c1cc(C(C)C)c(C(C)C)cn1. The van der Waals surface area contributed by atoms with Crippen LogP contribution in [0.5, 0.6) is 0 Å². The average Bonchev–Trinajstić information content (AvgIpc) is 2.03. The van der Waals surface area contributed by atoms with Crippen LogP contribution in [0.3, 0.4) is 0 Å². The van der Waals surface area contributed by atoms with Crippen molar-refractivity contribution in [2.24, 2.45) is 0 Å². The van der Waals surface area contributed by atoms with E-state index in [4.69, 9.17) is 7.85 Å². The summed E-state index contributed by atoms with van der Waals surface area (Å²) in [4.78, 5) is 4.12. The lowest BCUT2D eigenvalue weighted by Gasteiger charge is -2.15. The molecule has 1 rings (SSSR count). The van der Waals surface area contributed by atoms with Crippen LogP contribution in [0.1, 0.15) is 50.7 Å². The Kier molecular flexibility index (Phi) is 3.13. The van der Waals surface area contributed by atoms with Crippen molar-refractivity contribution in [1.82, 2.24) is 4.98 Å². The van der Waals surface area contributed by atoms with E-state index in [0.29, 0.717) is 17.4 Å². The van der Waals surface area contributed by atoms with E-state index in [9.17, 15) is 0 Å². The van der Waals surface area contributed by atoms with E-state index in [0.717, 1.165) is 0 Å². The van der Waals surface area contributed by atoms with E-state index in [1.807, 2.05) is 12.3 Å². The van der Waals surface area contributed by atoms with Crippen LogP contribution in [0.25, 0.3) is 0 Å². The molecule has 0 aliphatic carbocycles. The highest BCUT2D eigenvalue weighted by Crippen LogP contribution is 2.23. The van der Waals surface area contributed by atoms with Gasteiger partial charge in [0.15, 0.2) is 0 Å². The van der Waals surface area contributed by atoms with E-state index in [2.05, 4.69) is 32.7 Å². The summed E-state index contributed by atoms with van der Waals surface area (Å²) in [5, 5.41) is 0. The normalized spacial score (nSPS) is 11.2. The zero-order valence-electron chi connectivity index (χ0n) is 8.83. The van der Waals surface area contributed by atoms with E-state index in [1.54, 1.807) is 0 Å². The van der Waals surface area contributed by atoms with Crippen molar-refractivity contribution in [1.29, 1.82) is 0 Å². The molecule has 0 atom stereocenters. The van der Waals surface area contributed by atoms with Gasteiger partial charge >= 0.3 is 0 Å². The third-order valence-corrected chi connectivity index (χ3v) is 2.23. The Bertz CT molecular complexity index is 292. The molecule has 1 aromatic rings. The molecule has 0 aliphatic rings. The minimum Gasteiger partial charge on any atom is -0.273 e. The fraction of sp³-hybridized carbons (Fsp3) is 0.545. The Morgan fingerprint density at radius 2 is 1.62 bits per heavy atom. The van der Waals surface area contributed by atoms with Crippen LogP contribution in [0.4, 0.5) is 0 Å². The molecule has 0 aliphatic heterocycles. The quantitative estimate of drug-likeness (QED) is 0.624. The molecule has 13 heavy (non-hydrogen) atoms. The van der Waals surface area contributed by atoms with E-state index in [1.165, 1.54) is 11.1 Å². The maximum Gasteiger partial charge on any atom is 0.141 e. The average molecular weight is 173 g/mol. The number of rotatable bonds is 2. The summed E-state index contributed by atoms with van der Waals surface area (Å²) in [6, 6.07) is 1.99. The van der Waals surface area contributed by atoms with Gasteiger partial charge in [-0.3, -0.25) is 4.98 Å². The summed E-state index contributed by atoms with van der Waals surface area (Å²) in [5.74, 6) is 1.04. The molecule has 68 valence electrons. The molecule has 0 unspecified atom stereocenters. The molecule has 0 spiro atoms. The zero-order valence-corrected chi connectivity index (χ0v) is 8.83. The van der Waals surface area contributed by atoms with Gasteiger partial charge in [0, 0.05) is 6.20 Å². The highest BCUT2D eigenvalue weighted by molar-refractivity contribution is 6.30. The number of nitrogens with zero attached hydrogens (tertiary/aromatic N) is 1. The first-order valence-corrected chi connectivity index (χ1v) is 4.77. The Labute approximate surface area is 82.0 Å². The first-order valence-electron chi connectivity index (χ1n) is 4.77. The third kappa shape index (κ3) is 2.33. The summed E-state index contributed by atoms with van der Waals surface area (Å²) in [6.07, 6.45) is 1.90. The molecule has 0 fully saturated rings. The van der Waals surface area contributed by atoms with Gasteiger partial charge in [0.05, 0.1) is 0 Å². The molecule has 0 amide bonds. The minimum absolute atomic E-state index is 0.516. The first-order chi connectivity index (χ1) is 6.02. The molecule has 1 heterocycles. The molecule has 0 saturated heterocycles. The molecule has 0 saturated carbocycles. The lowest BCUT2D eigenvalue weighted by molar-refractivity contribution is 0.785. The smallest absolute Gasteiger partial charge is 0.141 e. The number of hydrogen-bond donors (Lipinski definition) is 0. The van der Waals surface area contributed by atoms with Crippen molar-refractivity contribution in [3.8, 4) is 0 Å². The van der Waals surface area contributed by atoms with Crippen molar-refractivity contribution in [3.05, 3.63) is 23.4 Å². The van der Waals surface area contributed by atoms with Crippen molar-refractivity contribution in [2.75, 3.05) is 0 Å². The van der Waals surface area contributed by atoms with Crippen molar-refractivity contribution in [3.63, 3.8) is 0 Å². The Morgan fingerprint density at radius 1 is 1.08 bits per heavy atom. The third-order valence-electron chi connectivity index (χ3n) is 2.23.